The lowest BCUT2D eigenvalue weighted by atomic mass is 10.0. The van der Waals surface area contributed by atoms with E-state index in [1.807, 2.05) is 30.6 Å². The lowest BCUT2D eigenvalue weighted by Gasteiger charge is -2.38. The van der Waals surface area contributed by atoms with E-state index in [0.717, 1.165) is 80.8 Å². The van der Waals surface area contributed by atoms with Crippen LogP contribution in [0.15, 0.2) is 41.3 Å². The zero-order valence-electron chi connectivity index (χ0n) is 16.7. The van der Waals surface area contributed by atoms with Crippen molar-refractivity contribution >= 4 is 28.6 Å². The number of rotatable bonds is 4. The summed E-state index contributed by atoms with van der Waals surface area (Å²) in [6.07, 6.45) is 7.54. The van der Waals surface area contributed by atoms with Gasteiger partial charge in [0.15, 0.2) is 0 Å². The summed E-state index contributed by atoms with van der Waals surface area (Å²) < 4.78 is 11.0. The molecule has 0 aromatic carbocycles. The number of anilines is 3. The number of hydrogen-bond donors (Lipinski definition) is 0. The zero-order chi connectivity index (χ0) is 19.6. The van der Waals surface area contributed by atoms with Crippen LogP contribution in [0.2, 0.25) is 0 Å². The highest BCUT2D eigenvalue weighted by Gasteiger charge is 2.26. The van der Waals surface area contributed by atoms with Crippen LogP contribution in [0.5, 0.6) is 0 Å². The highest BCUT2D eigenvalue weighted by Crippen LogP contribution is 2.29. The number of furan rings is 1. The van der Waals surface area contributed by atoms with Gasteiger partial charge in [-0.2, -0.15) is 4.98 Å². The van der Waals surface area contributed by atoms with Crippen LogP contribution >= 0.6 is 0 Å². The highest BCUT2D eigenvalue weighted by molar-refractivity contribution is 5.88. The molecule has 3 aromatic rings. The summed E-state index contributed by atoms with van der Waals surface area (Å²) in [4.78, 5) is 20.8. The predicted octanol–water partition coefficient (Wildman–Crippen LogP) is 2.56. The summed E-state index contributed by atoms with van der Waals surface area (Å²) in [5, 5.41) is 1.09. The number of piperidine rings is 1. The van der Waals surface area contributed by atoms with Crippen molar-refractivity contribution in [1.29, 1.82) is 0 Å². The fourth-order valence-electron chi connectivity index (χ4n) is 4.24. The molecule has 5 heterocycles. The third-order valence-electron chi connectivity index (χ3n) is 5.95. The summed E-state index contributed by atoms with van der Waals surface area (Å²) in [5.74, 6) is 2.80. The smallest absolute Gasteiger partial charge is 0.227 e. The number of aromatic nitrogens is 3. The molecule has 0 amide bonds. The molecule has 5 rings (SSSR count). The van der Waals surface area contributed by atoms with E-state index in [1.165, 1.54) is 0 Å². The van der Waals surface area contributed by atoms with Gasteiger partial charge in [0.25, 0.3) is 0 Å². The molecule has 0 atom stereocenters. The first-order valence-corrected chi connectivity index (χ1v) is 10.3. The number of fused-ring (bicyclic) bond motifs is 1. The fraction of sp³-hybridized carbons (Fsp3) is 0.476. The van der Waals surface area contributed by atoms with Gasteiger partial charge in [0.05, 0.1) is 24.9 Å². The van der Waals surface area contributed by atoms with Crippen LogP contribution in [-0.4, -0.2) is 67.4 Å². The van der Waals surface area contributed by atoms with Gasteiger partial charge in [-0.25, -0.2) is 9.97 Å². The first-order chi connectivity index (χ1) is 14.3. The van der Waals surface area contributed by atoms with Gasteiger partial charge >= 0.3 is 0 Å². The lowest BCUT2D eigenvalue weighted by Crippen LogP contribution is -2.44. The van der Waals surface area contributed by atoms with E-state index in [2.05, 4.69) is 31.7 Å². The molecular formula is C21H26N6O2. The Morgan fingerprint density at radius 3 is 2.59 bits per heavy atom. The number of hydrogen-bond acceptors (Lipinski definition) is 8. The molecule has 0 bridgehead atoms. The number of nitrogens with zero attached hydrogens (tertiary/aromatic N) is 6. The summed E-state index contributed by atoms with van der Waals surface area (Å²) in [5.41, 5.74) is 0.894. The van der Waals surface area contributed by atoms with Crippen molar-refractivity contribution in [3.05, 3.63) is 36.9 Å². The molecule has 0 radical (unpaired) electrons. The molecule has 2 fully saturated rings. The summed E-state index contributed by atoms with van der Waals surface area (Å²) >= 11 is 0. The molecule has 2 saturated heterocycles. The van der Waals surface area contributed by atoms with E-state index >= 15 is 0 Å². The van der Waals surface area contributed by atoms with E-state index in [4.69, 9.17) is 14.1 Å². The Bertz CT molecular complexity index is 962. The van der Waals surface area contributed by atoms with Gasteiger partial charge in [-0.1, -0.05) is 0 Å². The van der Waals surface area contributed by atoms with Crippen molar-refractivity contribution in [1.82, 2.24) is 15.0 Å². The second-order valence-electron chi connectivity index (χ2n) is 7.61. The first-order valence-electron chi connectivity index (χ1n) is 10.3. The molecule has 0 N–H and O–H groups in total. The molecule has 3 aromatic heterocycles. The van der Waals surface area contributed by atoms with E-state index in [-0.39, 0.29) is 0 Å². The number of ether oxygens (including phenoxy) is 1. The van der Waals surface area contributed by atoms with E-state index in [0.29, 0.717) is 6.04 Å². The van der Waals surface area contributed by atoms with Crippen molar-refractivity contribution < 1.29 is 9.15 Å². The normalized spacial score (nSPS) is 18.4. The SMILES string of the molecule is CN(c1ccnc(N2CCOCC2)n1)C1CCN(c2nccc3occc23)CC1. The minimum Gasteiger partial charge on any atom is -0.464 e. The van der Waals surface area contributed by atoms with E-state index in [1.54, 1.807) is 6.26 Å². The molecule has 2 aliphatic rings. The standard InChI is InChI=1S/C21H26N6O2/c1-25(19-3-8-23-21(24-19)27-11-14-28-15-12-27)16-4-9-26(10-5-16)20-17-6-13-29-18(17)2-7-22-20/h2-3,6-8,13,16H,4-5,9-12,14-15H2,1H3. The van der Waals surface area contributed by atoms with Crippen molar-refractivity contribution in [2.75, 3.05) is 61.1 Å². The van der Waals surface area contributed by atoms with Crippen LogP contribution in [0.4, 0.5) is 17.6 Å². The minimum absolute atomic E-state index is 0.447. The molecule has 0 unspecified atom stereocenters. The van der Waals surface area contributed by atoms with Crippen molar-refractivity contribution in [2.45, 2.75) is 18.9 Å². The van der Waals surface area contributed by atoms with Crippen LogP contribution in [0.25, 0.3) is 11.0 Å². The summed E-state index contributed by atoms with van der Waals surface area (Å²) in [6, 6.07) is 6.37. The largest absolute Gasteiger partial charge is 0.464 e. The lowest BCUT2D eigenvalue weighted by molar-refractivity contribution is 0.122. The van der Waals surface area contributed by atoms with Crippen LogP contribution in [-0.2, 0) is 4.74 Å². The molecule has 8 heteroatoms. The van der Waals surface area contributed by atoms with Crippen molar-refractivity contribution in [2.24, 2.45) is 0 Å². The number of pyridine rings is 1. The molecule has 29 heavy (non-hydrogen) atoms. The zero-order valence-corrected chi connectivity index (χ0v) is 16.7. The van der Waals surface area contributed by atoms with Crippen LogP contribution < -0.4 is 14.7 Å². The molecule has 0 spiro atoms. The maximum absolute atomic E-state index is 5.53. The maximum Gasteiger partial charge on any atom is 0.227 e. The van der Waals surface area contributed by atoms with Crippen LogP contribution in [0.3, 0.4) is 0 Å². The van der Waals surface area contributed by atoms with Crippen LogP contribution in [0, 0.1) is 0 Å². The Balaban J connectivity index is 1.26. The van der Waals surface area contributed by atoms with Crippen molar-refractivity contribution in [3.63, 3.8) is 0 Å². The van der Waals surface area contributed by atoms with E-state index < -0.39 is 0 Å². The Labute approximate surface area is 170 Å². The van der Waals surface area contributed by atoms with Crippen LogP contribution in [0.1, 0.15) is 12.8 Å². The van der Waals surface area contributed by atoms with Gasteiger partial charge in [-0.15, -0.1) is 0 Å². The second kappa shape index (κ2) is 7.87. The predicted molar refractivity (Wildman–Crippen MR) is 113 cm³/mol. The second-order valence-corrected chi connectivity index (χ2v) is 7.61. The molecular weight excluding hydrogens is 368 g/mol. The van der Waals surface area contributed by atoms with Gasteiger partial charge in [0, 0.05) is 51.7 Å². The Morgan fingerprint density at radius 2 is 1.76 bits per heavy atom. The van der Waals surface area contributed by atoms with Gasteiger partial charge in [-0.05, 0) is 31.0 Å². The van der Waals surface area contributed by atoms with E-state index in [9.17, 15) is 0 Å². The third kappa shape index (κ3) is 3.60. The average molecular weight is 394 g/mol. The Hall–Kier alpha value is -2.87. The first kappa shape index (κ1) is 18.2. The molecule has 0 aliphatic carbocycles. The Kier molecular flexibility index (Phi) is 4.93. The summed E-state index contributed by atoms with van der Waals surface area (Å²) in [7, 11) is 2.14. The molecule has 0 saturated carbocycles. The topological polar surface area (TPSA) is 70.8 Å². The van der Waals surface area contributed by atoms with Gasteiger partial charge in [0.1, 0.15) is 17.2 Å². The minimum atomic E-state index is 0.447. The van der Waals surface area contributed by atoms with Gasteiger partial charge in [0.2, 0.25) is 5.95 Å². The number of morpholine rings is 1. The van der Waals surface area contributed by atoms with Crippen molar-refractivity contribution in [3.8, 4) is 0 Å². The summed E-state index contributed by atoms with van der Waals surface area (Å²) in [6.45, 7) is 5.09. The quantitative estimate of drug-likeness (QED) is 0.669. The highest BCUT2D eigenvalue weighted by atomic mass is 16.5. The Morgan fingerprint density at radius 1 is 0.966 bits per heavy atom. The monoisotopic (exact) mass is 394 g/mol. The third-order valence-corrected chi connectivity index (χ3v) is 5.95. The molecule has 152 valence electrons. The van der Waals surface area contributed by atoms with Gasteiger partial charge < -0.3 is 23.9 Å². The maximum atomic E-state index is 5.53. The fourth-order valence-corrected chi connectivity index (χ4v) is 4.24. The average Bonchev–Trinajstić information content (AvgIpc) is 3.28. The molecule has 2 aliphatic heterocycles. The van der Waals surface area contributed by atoms with Gasteiger partial charge in [-0.3, -0.25) is 0 Å². The molecule has 8 nitrogen and oxygen atoms in total.